The first-order chi connectivity index (χ1) is 13.7. The molecule has 1 unspecified atom stereocenters. The maximum atomic E-state index is 6.33. The number of fused-ring (bicyclic) bond motifs is 3. The summed E-state index contributed by atoms with van der Waals surface area (Å²) in [5, 5.41) is 7.01. The molecule has 5 rings (SSSR count). The van der Waals surface area contributed by atoms with Crippen LogP contribution in [0.2, 0.25) is 0 Å². The molecule has 6 nitrogen and oxygen atoms in total. The van der Waals surface area contributed by atoms with Crippen LogP contribution in [-0.4, -0.2) is 74.2 Å². The maximum absolute atomic E-state index is 6.33. The molecule has 1 aromatic carbocycles. The van der Waals surface area contributed by atoms with Gasteiger partial charge in [0.1, 0.15) is 5.75 Å². The van der Waals surface area contributed by atoms with E-state index in [0.29, 0.717) is 12.1 Å². The van der Waals surface area contributed by atoms with Crippen LogP contribution in [0.4, 0.5) is 0 Å². The Balaban J connectivity index is 1.31. The second kappa shape index (κ2) is 9.14. The Bertz CT molecular complexity index is 678. The SMILES string of the molecule is CN=C(NCc1ccc(C)cc1OC1CCCC1)NCC1CN2CCN1CC2. The Labute approximate surface area is 169 Å². The van der Waals surface area contributed by atoms with Crippen LogP contribution in [0.3, 0.4) is 0 Å². The van der Waals surface area contributed by atoms with Crippen molar-refractivity contribution in [2.45, 2.75) is 51.3 Å². The van der Waals surface area contributed by atoms with E-state index >= 15 is 0 Å². The summed E-state index contributed by atoms with van der Waals surface area (Å²) in [5.74, 6) is 1.89. The van der Waals surface area contributed by atoms with Crippen LogP contribution >= 0.6 is 0 Å². The van der Waals surface area contributed by atoms with Gasteiger partial charge in [0.25, 0.3) is 0 Å². The van der Waals surface area contributed by atoms with Crippen LogP contribution in [-0.2, 0) is 6.54 Å². The molecule has 2 N–H and O–H groups in total. The lowest BCUT2D eigenvalue weighted by Gasteiger charge is -2.47. The predicted molar refractivity (Wildman–Crippen MR) is 114 cm³/mol. The molecule has 3 aliphatic heterocycles. The van der Waals surface area contributed by atoms with E-state index in [4.69, 9.17) is 4.74 Å². The Morgan fingerprint density at radius 1 is 1.14 bits per heavy atom. The summed E-state index contributed by atoms with van der Waals surface area (Å²) >= 11 is 0. The minimum absolute atomic E-state index is 0.378. The molecule has 4 fully saturated rings. The van der Waals surface area contributed by atoms with Crippen molar-refractivity contribution in [1.29, 1.82) is 0 Å². The summed E-state index contributed by atoms with van der Waals surface area (Å²) in [6, 6.07) is 7.10. The number of aliphatic imine (C=N–C) groups is 1. The van der Waals surface area contributed by atoms with Gasteiger partial charge in [-0.1, -0.05) is 12.1 Å². The Kier molecular flexibility index (Phi) is 6.37. The molecule has 0 amide bonds. The third kappa shape index (κ3) is 4.78. The van der Waals surface area contributed by atoms with Crippen LogP contribution in [0.25, 0.3) is 0 Å². The molecular weight excluding hydrogens is 350 g/mol. The summed E-state index contributed by atoms with van der Waals surface area (Å²) in [5.41, 5.74) is 2.45. The molecule has 1 aliphatic carbocycles. The number of nitrogens with one attached hydrogen (secondary N) is 2. The van der Waals surface area contributed by atoms with E-state index in [1.54, 1.807) is 0 Å². The molecule has 154 valence electrons. The van der Waals surface area contributed by atoms with Crippen LogP contribution in [0.5, 0.6) is 5.75 Å². The van der Waals surface area contributed by atoms with Gasteiger partial charge in [-0.25, -0.2) is 0 Å². The Morgan fingerprint density at radius 2 is 1.93 bits per heavy atom. The molecule has 0 radical (unpaired) electrons. The van der Waals surface area contributed by atoms with Crippen LogP contribution in [0.15, 0.2) is 23.2 Å². The molecule has 6 heteroatoms. The van der Waals surface area contributed by atoms with Gasteiger partial charge in [-0.2, -0.15) is 0 Å². The van der Waals surface area contributed by atoms with E-state index in [1.807, 2.05) is 7.05 Å². The zero-order chi connectivity index (χ0) is 19.3. The largest absolute Gasteiger partial charge is 0.490 e. The van der Waals surface area contributed by atoms with E-state index < -0.39 is 0 Å². The van der Waals surface area contributed by atoms with E-state index in [-0.39, 0.29) is 0 Å². The summed E-state index contributed by atoms with van der Waals surface area (Å²) in [6.07, 6.45) is 5.31. The number of aryl methyl sites for hydroxylation is 1. The molecule has 1 aromatic rings. The second-order valence-electron chi connectivity index (χ2n) is 8.43. The summed E-state index contributed by atoms with van der Waals surface area (Å²) in [6.45, 7) is 9.80. The first kappa shape index (κ1) is 19.5. The summed E-state index contributed by atoms with van der Waals surface area (Å²) in [7, 11) is 1.84. The molecule has 3 heterocycles. The van der Waals surface area contributed by atoms with Gasteiger partial charge in [0.2, 0.25) is 0 Å². The highest BCUT2D eigenvalue weighted by atomic mass is 16.5. The van der Waals surface area contributed by atoms with E-state index in [9.17, 15) is 0 Å². The number of piperazine rings is 3. The maximum Gasteiger partial charge on any atom is 0.191 e. The molecular formula is C22H35N5O. The smallest absolute Gasteiger partial charge is 0.191 e. The lowest BCUT2D eigenvalue weighted by Crippen LogP contribution is -2.63. The number of ether oxygens (including phenoxy) is 1. The van der Waals surface area contributed by atoms with Gasteiger partial charge in [0.05, 0.1) is 6.10 Å². The van der Waals surface area contributed by atoms with Gasteiger partial charge >= 0.3 is 0 Å². The van der Waals surface area contributed by atoms with Crippen molar-refractivity contribution in [2.75, 3.05) is 46.3 Å². The van der Waals surface area contributed by atoms with Crippen LogP contribution in [0, 0.1) is 6.92 Å². The third-order valence-electron chi connectivity index (χ3n) is 6.39. The Morgan fingerprint density at radius 3 is 2.61 bits per heavy atom. The number of rotatable bonds is 6. The number of benzene rings is 1. The fraction of sp³-hybridized carbons (Fsp3) is 0.682. The zero-order valence-electron chi connectivity index (χ0n) is 17.4. The first-order valence-electron chi connectivity index (χ1n) is 10.9. The average Bonchev–Trinajstić information content (AvgIpc) is 3.23. The normalized spacial score (nSPS) is 27.8. The van der Waals surface area contributed by atoms with Crippen molar-refractivity contribution >= 4 is 5.96 Å². The molecule has 1 saturated carbocycles. The fourth-order valence-electron chi connectivity index (χ4n) is 4.64. The van der Waals surface area contributed by atoms with Crippen molar-refractivity contribution in [3.05, 3.63) is 29.3 Å². The highest BCUT2D eigenvalue weighted by Crippen LogP contribution is 2.27. The summed E-state index contributed by atoms with van der Waals surface area (Å²) in [4.78, 5) is 9.60. The van der Waals surface area contributed by atoms with Crippen molar-refractivity contribution in [1.82, 2.24) is 20.4 Å². The zero-order valence-corrected chi connectivity index (χ0v) is 17.4. The molecule has 0 aromatic heterocycles. The van der Waals surface area contributed by atoms with Gasteiger partial charge < -0.3 is 15.4 Å². The highest BCUT2D eigenvalue weighted by molar-refractivity contribution is 5.79. The lowest BCUT2D eigenvalue weighted by molar-refractivity contribution is 0.0154. The van der Waals surface area contributed by atoms with Crippen LogP contribution < -0.4 is 15.4 Å². The van der Waals surface area contributed by atoms with Gasteiger partial charge in [0, 0.05) is 64.5 Å². The van der Waals surface area contributed by atoms with Crippen molar-refractivity contribution < 1.29 is 4.74 Å². The molecule has 1 atom stereocenters. The minimum Gasteiger partial charge on any atom is -0.490 e. The minimum atomic E-state index is 0.378. The number of nitrogens with zero attached hydrogens (tertiary/aromatic N) is 3. The second-order valence-corrected chi connectivity index (χ2v) is 8.43. The fourth-order valence-corrected chi connectivity index (χ4v) is 4.64. The van der Waals surface area contributed by atoms with E-state index in [0.717, 1.165) is 24.8 Å². The number of guanidine groups is 1. The first-order valence-corrected chi connectivity index (χ1v) is 10.9. The van der Waals surface area contributed by atoms with Gasteiger partial charge in [0.15, 0.2) is 5.96 Å². The van der Waals surface area contributed by atoms with E-state index in [2.05, 4.69) is 50.5 Å². The lowest BCUT2D eigenvalue weighted by atomic mass is 10.1. The molecule has 4 aliphatic rings. The molecule has 28 heavy (non-hydrogen) atoms. The van der Waals surface area contributed by atoms with Crippen molar-refractivity contribution in [2.24, 2.45) is 4.99 Å². The molecule has 2 bridgehead atoms. The predicted octanol–water partition coefficient (Wildman–Crippen LogP) is 1.98. The number of hydrogen-bond acceptors (Lipinski definition) is 4. The van der Waals surface area contributed by atoms with Crippen molar-refractivity contribution in [3.63, 3.8) is 0 Å². The van der Waals surface area contributed by atoms with Gasteiger partial charge in [-0.05, 0) is 44.2 Å². The van der Waals surface area contributed by atoms with Crippen molar-refractivity contribution in [3.8, 4) is 5.75 Å². The van der Waals surface area contributed by atoms with Gasteiger partial charge in [-0.15, -0.1) is 0 Å². The Hall–Kier alpha value is -1.79. The molecule has 0 spiro atoms. The summed E-state index contributed by atoms with van der Waals surface area (Å²) < 4.78 is 6.33. The standard InChI is InChI=1S/C22H35N5O/c1-17-7-8-18(21(13-17)28-20-5-3-4-6-20)14-24-22(23-2)25-15-19-16-26-9-11-27(19)12-10-26/h7-8,13,19-20H,3-6,9-12,14-16H2,1-2H3,(H2,23,24,25). The average molecular weight is 386 g/mol. The monoisotopic (exact) mass is 385 g/mol. The van der Waals surface area contributed by atoms with Gasteiger partial charge in [-0.3, -0.25) is 14.8 Å². The third-order valence-corrected chi connectivity index (χ3v) is 6.39. The highest BCUT2D eigenvalue weighted by Gasteiger charge is 2.31. The topological polar surface area (TPSA) is 52.1 Å². The quantitative estimate of drug-likeness (QED) is 0.579. The van der Waals surface area contributed by atoms with Crippen LogP contribution in [0.1, 0.15) is 36.8 Å². The molecule has 3 saturated heterocycles. The number of hydrogen-bond donors (Lipinski definition) is 2. The van der Waals surface area contributed by atoms with E-state index in [1.165, 1.54) is 69.5 Å².